The second-order valence-corrected chi connectivity index (χ2v) is 5.64. The molecule has 2 aromatic rings. The monoisotopic (exact) mass is 328 g/mol. The average molecular weight is 328 g/mol. The molecule has 2 amide bonds. The Morgan fingerprint density at radius 3 is 2.75 bits per heavy atom. The second kappa shape index (κ2) is 6.78. The first-order valence-electron chi connectivity index (χ1n) is 7.97. The first-order chi connectivity index (χ1) is 11.6. The lowest BCUT2D eigenvalue weighted by molar-refractivity contribution is -0.133. The Morgan fingerprint density at radius 1 is 1.25 bits per heavy atom. The topological polar surface area (TPSA) is 63.0 Å². The van der Waals surface area contributed by atoms with E-state index in [1.54, 1.807) is 36.3 Å². The molecule has 0 aliphatic carbocycles. The van der Waals surface area contributed by atoms with Crippen molar-refractivity contribution in [1.29, 1.82) is 0 Å². The van der Waals surface area contributed by atoms with Crippen LogP contribution in [0.4, 0.5) is 5.69 Å². The molecule has 0 fully saturated rings. The van der Waals surface area contributed by atoms with Gasteiger partial charge in [-0.05, 0) is 38.1 Å². The van der Waals surface area contributed by atoms with Crippen LogP contribution in [0.15, 0.2) is 47.1 Å². The van der Waals surface area contributed by atoms with E-state index in [1.807, 2.05) is 25.1 Å². The van der Waals surface area contributed by atoms with Crippen LogP contribution in [0, 0.1) is 0 Å². The summed E-state index contributed by atoms with van der Waals surface area (Å²) in [6.07, 6.45) is 0.977. The Morgan fingerprint density at radius 2 is 2.04 bits per heavy atom. The minimum Gasteiger partial charge on any atom is -0.479 e. The molecule has 1 atom stereocenters. The fourth-order valence-electron chi connectivity index (χ4n) is 2.72. The number of rotatable bonds is 5. The Kier molecular flexibility index (Phi) is 4.55. The maximum absolute atomic E-state index is 12.7. The number of likely N-dealkylation sites (N-methyl/N-ethyl adjacent to an activating group) is 1. The Labute approximate surface area is 140 Å². The highest BCUT2D eigenvalue weighted by atomic mass is 16.5. The van der Waals surface area contributed by atoms with Crippen molar-refractivity contribution < 1.29 is 18.7 Å². The zero-order valence-electron chi connectivity index (χ0n) is 13.8. The first kappa shape index (κ1) is 16.1. The summed E-state index contributed by atoms with van der Waals surface area (Å²) in [5.74, 6) is 0.987. The van der Waals surface area contributed by atoms with Gasteiger partial charge >= 0.3 is 0 Å². The number of amides is 2. The molecule has 1 aromatic carbocycles. The summed E-state index contributed by atoms with van der Waals surface area (Å²) in [7, 11) is 0. The lowest BCUT2D eigenvalue weighted by Crippen LogP contribution is -2.49. The van der Waals surface area contributed by atoms with Crippen molar-refractivity contribution in [1.82, 2.24) is 4.90 Å². The molecule has 1 aromatic heterocycles. The fraction of sp³-hybridized carbons (Fsp3) is 0.333. The molecule has 0 bridgehead atoms. The highest BCUT2D eigenvalue weighted by Gasteiger charge is 2.33. The Hall–Kier alpha value is -2.76. The SMILES string of the molecule is CCN(Cc1ccco1)C(=O)CN1C(=O)[C@H](C)Oc2ccccc21. The minimum atomic E-state index is -0.604. The van der Waals surface area contributed by atoms with Crippen LogP contribution in [0.2, 0.25) is 0 Å². The van der Waals surface area contributed by atoms with Gasteiger partial charge in [-0.1, -0.05) is 12.1 Å². The van der Waals surface area contributed by atoms with Gasteiger partial charge in [0, 0.05) is 6.54 Å². The summed E-state index contributed by atoms with van der Waals surface area (Å²) >= 11 is 0. The summed E-state index contributed by atoms with van der Waals surface area (Å²) in [4.78, 5) is 28.3. The third-order valence-corrected chi connectivity index (χ3v) is 4.03. The first-order valence-corrected chi connectivity index (χ1v) is 7.97. The van der Waals surface area contributed by atoms with Crippen molar-refractivity contribution in [2.45, 2.75) is 26.5 Å². The highest BCUT2D eigenvalue weighted by molar-refractivity contribution is 6.03. The van der Waals surface area contributed by atoms with Crippen LogP contribution in [0.25, 0.3) is 0 Å². The molecule has 0 spiro atoms. The molecule has 24 heavy (non-hydrogen) atoms. The number of ether oxygens (including phenoxy) is 1. The third kappa shape index (κ3) is 3.13. The van der Waals surface area contributed by atoms with E-state index >= 15 is 0 Å². The van der Waals surface area contributed by atoms with Gasteiger partial charge in [-0.2, -0.15) is 0 Å². The fourth-order valence-corrected chi connectivity index (χ4v) is 2.72. The summed E-state index contributed by atoms with van der Waals surface area (Å²) in [5, 5.41) is 0. The second-order valence-electron chi connectivity index (χ2n) is 5.64. The largest absolute Gasteiger partial charge is 0.479 e. The molecule has 2 heterocycles. The lowest BCUT2D eigenvalue weighted by Gasteiger charge is -2.33. The van der Waals surface area contributed by atoms with Crippen molar-refractivity contribution in [2.75, 3.05) is 18.0 Å². The number of hydrogen-bond donors (Lipinski definition) is 0. The van der Waals surface area contributed by atoms with Crippen LogP contribution in [0.5, 0.6) is 5.75 Å². The van der Waals surface area contributed by atoms with Crippen LogP contribution in [-0.2, 0) is 16.1 Å². The molecule has 0 N–H and O–H groups in total. The molecule has 0 saturated carbocycles. The predicted molar refractivity (Wildman–Crippen MR) is 88.7 cm³/mol. The van der Waals surface area contributed by atoms with E-state index in [0.717, 1.165) is 0 Å². The van der Waals surface area contributed by atoms with Crippen molar-refractivity contribution in [2.24, 2.45) is 0 Å². The van der Waals surface area contributed by atoms with Gasteiger partial charge in [0.25, 0.3) is 5.91 Å². The molecule has 0 radical (unpaired) electrons. The van der Waals surface area contributed by atoms with E-state index in [4.69, 9.17) is 9.15 Å². The number of benzene rings is 1. The molecule has 6 nitrogen and oxygen atoms in total. The number of hydrogen-bond acceptors (Lipinski definition) is 4. The summed E-state index contributed by atoms with van der Waals surface area (Å²) in [5.41, 5.74) is 0.628. The van der Waals surface area contributed by atoms with Gasteiger partial charge in [-0.15, -0.1) is 0 Å². The molecule has 6 heteroatoms. The predicted octanol–water partition coefficient (Wildman–Crippen LogP) is 2.44. The number of para-hydroxylation sites is 2. The maximum Gasteiger partial charge on any atom is 0.268 e. The van der Waals surface area contributed by atoms with Crippen LogP contribution < -0.4 is 9.64 Å². The van der Waals surface area contributed by atoms with Crippen molar-refractivity contribution in [3.05, 3.63) is 48.4 Å². The van der Waals surface area contributed by atoms with E-state index < -0.39 is 6.10 Å². The quantitative estimate of drug-likeness (QED) is 0.846. The zero-order valence-corrected chi connectivity index (χ0v) is 13.8. The van der Waals surface area contributed by atoms with E-state index in [2.05, 4.69) is 0 Å². The molecule has 126 valence electrons. The maximum atomic E-state index is 12.7. The summed E-state index contributed by atoms with van der Waals surface area (Å²) < 4.78 is 10.9. The van der Waals surface area contributed by atoms with Crippen LogP contribution in [0.3, 0.4) is 0 Å². The Balaban J connectivity index is 1.78. The van der Waals surface area contributed by atoms with Crippen molar-refractivity contribution >= 4 is 17.5 Å². The van der Waals surface area contributed by atoms with E-state index in [-0.39, 0.29) is 18.4 Å². The van der Waals surface area contributed by atoms with Crippen molar-refractivity contribution in [3.63, 3.8) is 0 Å². The molecular weight excluding hydrogens is 308 g/mol. The smallest absolute Gasteiger partial charge is 0.268 e. The number of carbonyl (C=O) groups is 2. The number of anilines is 1. The summed E-state index contributed by atoms with van der Waals surface area (Å²) in [6.45, 7) is 4.50. The number of fused-ring (bicyclic) bond motifs is 1. The van der Waals surface area contributed by atoms with E-state index in [0.29, 0.717) is 30.3 Å². The molecule has 3 rings (SSSR count). The Bertz CT molecular complexity index is 726. The van der Waals surface area contributed by atoms with Gasteiger partial charge in [0.05, 0.1) is 18.5 Å². The molecule has 1 aliphatic heterocycles. The number of carbonyl (C=O) groups excluding carboxylic acids is 2. The van der Waals surface area contributed by atoms with E-state index in [9.17, 15) is 9.59 Å². The van der Waals surface area contributed by atoms with Gasteiger partial charge in [0.15, 0.2) is 6.10 Å². The number of nitrogens with zero attached hydrogens (tertiary/aromatic N) is 2. The zero-order chi connectivity index (χ0) is 17.1. The average Bonchev–Trinajstić information content (AvgIpc) is 3.09. The standard InChI is InChI=1S/C18H20N2O4/c1-3-19(11-14-7-6-10-23-14)17(21)12-20-15-8-4-5-9-16(15)24-13(2)18(20)22/h4-10,13H,3,11-12H2,1-2H3/t13-/m0/s1. The van der Waals surface area contributed by atoms with Crippen LogP contribution in [0.1, 0.15) is 19.6 Å². The third-order valence-electron chi connectivity index (χ3n) is 4.03. The van der Waals surface area contributed by atoms with Gasteiger partial charge < -0.3 is 14.1 Å². The van der Waals surface area contributed by atoms with E-state index in [1.165, 1.54) is 4.90 Å². The normalized spacial score (nSPS) is 16.5. The van der Waals surface area contributed by atoms with Crippen LogP contribution >= 0.6 is 0 Å². The highest BCUT2D eigenvalue weighted by Crippen LogP contribution is 2.33. The van der Waals surface area contributed by atoms with Gasteiger partial charge in [0.1, 0.15) is 18.1 Å². The molecule has 1 aliphatic rings. The van der Waals surface area contributed by atoms with Crippen LogP contribution in [-0.4, -0.2) is 35.9 Å². The van der Waals surface area contributed by atoms with Gasteiger partial charge in [0.2, 0.25) is 5.91 Å². The van der Waals surface area contributed by atoms with Gasteiger partial charge in [-0.3, -0.25) is 14.5 Å². The molecular formula is C18H20N2O4. The number of furan rings is 1. The molecule has 0 saturated heterocycles. The summed E-state index contributed by atoms with van der Waals surface area (Å²) in [6, 6.07) is 10.9. The van der Waals surface area contributed by atoms with Crippen molar-refractivity contribution in [3.8, 4) is 5.75 Å². The van der Waals surface area contributed by atoms with Gasteiger partial charge in [-0.25, -0.2) is 0 Å². The molecule has 0 unspecified atom stereocenters. The minimum absolute atomic E-state index is 0.0158. The lowest BCUT2D eigenvalue weighted by atomic mass is 10.2.